The maximum atomic E-state index is 13.0. The van der Waals surface area contributed by atoms with Gasteiger partial charge in [0.15, 0.2) is 0 Å². The van der Waals surface area contributed by atoms with Gasteiger partial charge in [0.05, 0.1) is 15.7 Å². The van der Waals surface area contributed by atoms with Crippen LogP contribution in [0.15, 0.2) is 39.3 Å². The predicted molar refractivity (Wildman–Crippen MR) is 124 cm³/mol. The maximum Gasteiger partial charge on any atom is 0.387 e. The van der Waals surface area contributed by atoms with Crippen molar-refractivity contribution in [3.63, 3.8) is 0 Å². The summed E-state index contributed by atoms with van der Waals surface area (Å²) in [5.74, 6) is -0.139. The molecule has 2 rings (SSSR count). The van der Waals surface area contributed by atoms with Crippen LogP contribution in [0.3, 0.4) is 0 Å². The lowest BCUT2D eigenvalue weighted by Gasteiger charge is -2.23. The number of rotatable bonds is 9. The smallest absolute Gasteiger partial charge is 0.387 e. The van der Waals surface area contributed by atoms with Gasteiger partial charge in [-0.25, -0.2) is 9.19 Å². The van der Waals surface area contributed by atoms with Crippen LogP contribution >= 0.6 is 27.5 Å². The number of alkyl halides is 2. The number of halogens is 4. The molecule has 2 atom stereocenters. The minimum absolute atomic E-state index is 0.00413. The van der Waals surface area contributed by atoms with Gasteiger partial charge in [0.2, 0.25) is 0 Å². The normalized spacial score (nSPS) is 13.9. The molecule has 2 aromatic rings. The van der Waals surface area contributed by atoms with Crippen molar-refractivity contribution in [1.82, 2.24) is 4.98 Å². The summed E-state index contributed by atoms with van der Waals surface area (Å²) in [6.07, 6.45) is 2.40. The molecule has 0 bridgehead atoms. The Labute approximate surface area is 199 Å². The van der Waals surface area contributed by atoms with Crippen LogP contribution in [0, 0.1) is 10.1 Å². The Bertz CT molecular complexity index is 1040. The SMILES string of the molecule is CC(C)(C)[S@@](=O)N=CC[C@@H](Nc1cc(Cl)ncc1[N+](=O)[O-])c1c(Br)cccc1OC(F)F. The molecule has 0 amide bonds. The monoisotopic (exact) mass is 552 g/mol. The Kier molecular flexibility index (Phi) is 9.05. The van der Waals surface area contributed by atoms with Crippen LogP contribution in [0.2, 0.25) is 5.15 Å². The molecule has 0 aliphatic heterocycles. The fraction of sp³-hybridized carbons (Fsp3) is 0.368. The summed E-state index contributed by atoms with van der Waals surface area (Å²) >= 11 is 9.23. The molecule has 0 saturated carbocycles. The number of hydrogen-bond donors (Lipinski definition) is 1. The van der Waals surface area contributed by atoms with Crippen LogP contribution < -0.4 is 10.1 Å². The average Bonchev–Trinajstić information content (AvgIpc) is 2.66. The Morgan fingerprint density at radius 2 is 2.12 bits per heavy atom. The van der Waals surface area contributed by atoms with E-state index in [0.717, 1.165) is 6.20 Å². The molecule has 0 saturated heterocycles. The van der Waals surface area contributed by atoms with E-state index in [1.807, 2.05) is 0 Å². The quantitative estimate of drug-likeness (QED) is 0.174. The van der Waals surface area contributed by atoms with Gasteiger partial charge in [0.1, 0.15) is 33.8 Å². The number of pyridine rings is 1. The van der Waals surface area contributed by atoms with Crippen molar-refractivity contribution in [2.45, 2.75) is 44.6 Å². The largest absolute Gasteiger partial charge is 0.434 e. The minimum atomic E-state index is -3.09. The third-order valence-electron chi connectivity index (χ3n) is 3.99. The van der Waals surface area contributed by atoms with Gasteiger partial charge < -0.3 is 10.1 Å². The third kappa shape index (κ3) is 7.17. The van der Waals surface area contributed by atoms with Crippen molar-refractivity contribution in [3.8, 4) is 5.75 Å². The van der Waals surface area contributed by atoms with Crippen molar-refractivity contribution in [1.29, 1.82) is 0 Å². The zero-order chi connectivity index (χ0) is 24.1. The van der Waals surface area contributed by atoms with Crippen LogP contribution in [-0.2, 0) is 11.0 Å². The highest BCUT2D eigenvalue weighted by Crippen LogP contribution is 2.38. The molecule has 174 valence electrons. The number of nitrogens with zero attached hydrogens (tertiary/aromatic N) is 3. The Morgan fingerprint density at radius 1 is 1.44 bits per heavy atom. The first-order valence-electron chi connectivity index (χ1n) is 9.14. The van der Waals surface area contributed by atoms with Crippen molar-refractivity contribution >= 4 is 56.1 Å². The fourth-order valence-corrected chi connectivity index (χ4v) is 3.87. The summed E-state index contributed by atoms with van der Waals surface area (Å²) in [7, 11) is -1.55. The highest BCUT2D eigenvalue weighted by Gasteiger charge is 2.25. The Balaban J connectivity index is 2.53. The molecule has 8 nitrogen and oxygen atoms in total. The molecule has 13 heteroatoms. The molecule has 1 N–H and O–H groups in total. The summed E-state index contributed by atoms with van der Waals surface area (Å²) in [6, 6.07) is 4.88. The topological polar surface area (TPSA) is 107 Å². The van der Waals surface area contributed by atoms with E-state index in [9.17, 15) is 23.1 Å². The molecule has 0 spiro atoms. The lowest BCUT2D eigenvalue weighted by Crippen LogP contribution is -2.20. The number of aromatic nitrogens is 1. The minimum Gasteiger partial charge on any atom is -0.434 e. The van der Waals surface area contributed by atoms with E-state index in [2.05, 4.69) is 35.4 Å². The van der Waals surface area contributed by atoms with Crippen LogP contribution in [0.4, 0.5) is 20.2 Å². The highest BCUT2D eigenvalue weighted by atomic mass is 79.9. The molecule has 32 heavy (non-hydrogen) atoms. The fourth-order valence-electron chi connectivity index (χ4n) is 2.55. The molecular weight excluding hydrogens is 534 g/mol. The average molecular weight is 554 g/mol. The molecule has 1 heterocycles. The number of nitro groups is 1. The molecule has 0 fully saturated rings. The van der Waals surface area contributed by atoms with E-state index in [1.165, 1.54) is 24.4 Å². The number of ether oxygens (including phenoxy) is 1. The van der Waals surface area contributed by atoms with E-state index in [4.69, 9.17) is 11.6 Å². The van der Waals surface area contributed by atoms with Crippen LogP contribution in [0.25, 0.3) is 0 Å². The third-order valence-corrected chi connectivity index (χ3v) is 6.28. The van der Waals surface area contributed by atoms with Gasteiger partial charge in [0, 0.05) is 28.7 Å². The molecule has 1 aromatic heterocycles. The Hall–Kier alpha value is -2.18. The zero-order valence-electron chi connectivity index (χ0n) is 17.2. The second-order valence-corrected chi connectivity index (χ2v) is 10.6. The standard InChI is InChI=1S/C19H20BrClF2N4O4S/c1-19(2,3)32(30)25-8-7-12(17-11(20)5-4-6-15(17)31-18(22)23)26-13-9-16(21)24-10-14(13)27(28)29/h4-6,8-10,12,18H,7H2,1-3H3,(H,24,26)/t12-,32-/m1/s1. The van der Waals surface area contributed by atoms with E-state index in [1.54, 1.807) is 26.8 Å². The first kappa shape index (κ1) is 26.1. The van der Waals surface area contributed by atoms with Gasteiger partial charge >= 0.3 is 12.3 Å². The van der Waals surface area contributed by atoms with Gasteiger partial charge in [-0.15, -0.1) is 0 Å². The number of anilines is 1. The summed E-state index contributed by atoms with van der Waals surface area (Å²) in [4.78, 5) is 14.5. The first-order chi connectivity index (χ1) is 14.9. The second-order valence-electron chi connectivity index (χ2n) is 7.39. The number of benzene rings is 1. The number of nitrogens with one attached hydrogen (secondary N) is 1. The van der Waals surface area contributed by atoms with Crippen molar-refractivity contribution in [2.75, 3.05) is 5.32 Å². The summed E-state index contributed by atoms with van der Waals surface area (Å²) in [5.41, 5.74) is -0.0786. The Morgan fingerprint density at radius 3 is 2.72 bits per heavy atom. The molecule has 0 unspecified atom stereocenters. The molecule has 0 aliphatic rings. The first-order valence-corrected chi connectivity index (χ1v) is 11.4. The van der Waals surface area contributed by atoms with Crippen molar-refractivity contribution < 1.29 is 22.6 Å². The lowest BCUT2D eigenvalue weighted by atomic mass is 10.0. The van der Waals surface area contributed by atoms with Crippen LogP contribution in [0.1, 0.15) is 38.8 Å². The zero-order valence-corrected chi connectivity index (χ0v) is 20.4. The summed E-state index contributed by atoms with van der Waals surface area (Å²) < 4.78 is 46.7. The van der Waals surface area contributed by atoms with E-state index >= 15 is 0 Å². The van der Waals surface area contributed by atoms with Crippen LogP contribution in [0.5, 0.6) is 5.75 Å². The molecule has 0 radical (unpaired) electrons. The second kappa shape index (κ2) is 11.1. The van der Waals surface area contributed by atoms with E-state index in [-0.39, 0.29) is 34.3 Å². The van der Waals surface area contributed by atoms with Gasteiger partial charge in [-0.3, -0.25) is 10.1 Å². The van der Waals surface area contributed by atoms with Gasteiger partial charge in [-0.1, -0.05) is 33.6 Å². The van der Waals surface area contributed by atoms with E-state index < -0.39 is 33.3 Å². The molecular formula is C19H20BrClF2N4O4S. The van der Waals surface area contributed by atoms with Crippen LogP contribution in [-0.4, -0.2) is 31.7 Å². The lowest BCUT2D eigenvalue weighted by molar-refractivity contribution is -0.384. The van der Waals surface area contributed by atoms with Crippen molar-refractivity contribution in [3.05, 3.63) is 55.8 Å². The van der Waals surface area contributed by atoms with Gasteiger partial charge in [-0.2, -0.15) is 13.2 Å². The van der Waals surface area contributed by atoms with Crippen molar-refractivity contribution in [2.24, 2.45) is 4.40 Å². The van der Waals surface area contributed by atoms with Gasteiger partial charge in [0.25, 0.3) is 0 Å². The van der Waals surface area contributed by atoms with E-state index in [0.29, 0.717) is 4.47 Å². The highest BCUT2D eigenvalue weighted by molar-refractivity contribution is 9.10. The number of hydrogen-bond acceptors (Lipinski definition) is 6. The van der Waals surface area contributed by atoms with Gasteiger partial charge in [-0.05, 0) is 32.9 Å². The molecule has 0 aliphatic carbocycles. The summed E-state index contributed by atoms with van der Waals surface area (Å²) in [6.45, 7) is 2.17. The summed E-state index contributed by atoms with van der Waals surface area (Å²) in [5, 5.41) is 14.4. The molecule has 1 aromatic carbocycles. The predicted octanol–water partition coefficient (Wildman–Crippen LogP) is 6.08. The maximum absolute atomic E-state index is 13.0.